The second kappa shape index (κ2) is 9.42. The molecule has 0 radical (unpaired) electrons. The molecule has 0 fully saturated rings. The number of benzene rings is 7. The Bertz CT molecular complexity index is 1780. The van der Waals surface area contributed by atoms with Gasteiger partial charge in [-0.2, -0.15) is 0 Å². The van der Waals surface area contributed by atoms with E-state index in [0.717, 1.165) is 22.5 Å². The first kappa shape index (κ1) is 22.1. The van der Waals surface area contributed by atoms with E-state index < -0.39 is 0 Å². The highest BCUT2D eigenvalue weighted by Crippen LogP contribution is 2.32. The van der Waals surface area contributed by atoms with Crippen LogP contribution in [0.3, 0.4) is 0 Å². The molecule has 0 aromatic heterocycles. The molecule has 7 aromatic carbocycles. The quantitative estimate of drug-likeness (QED) is 0.175. The number of fused-ring (bicyclic) bond motifs is 4. The van der Waals surface area contributed by atoms with E-state index in [0.29, 0.717) is 0 Å². The lowest BCUT2D eigenvalue weighted by atomic mass is 9.97. The second-order valence-electron chi connectivity index (χ2n) is 9.47. The first-order chi connectivity index (χ1) is 18.8. The van der Waals surface area contributed by atoms with Crippen LogP contribution in [-0.4, -0.2) is 12.4 Å². The van der Waals surface area contributed by atoms with Crippen LogP contribution in [0.5, 0.6) is 0 Å². The first-order valence-electron chi connectivity index (χ1n) is 12.8. The van der Waals surface area contributed by atoms with Gasteiger partial charge in [0.15, 0.2) is 0 Å². The van der Waals surface area contributed by atoms with Crippen LogP contribution >= 0.6 is 0 Å². The van der Waals surface area contributed by atoms with Gasteiger partial charge in [0.1, 0.15) is 0 Å². The number of hydrogen-bond donors (Lipinski definition) is 0. The molecule has 0 amide bonds. The van der Waals surface area contributed by atoms with E-state index in [1.807, 2.05) is 36.7 Å². The van der Waals surface area contributed by atoms with Crippen LogP contribution < -0.4 is 0 Å². The predicted octanol–water partition coefficient (Wildman–Crippen LogP) is 9.80. The molecule has 0 aliphatic carbocycles. The zero-order valence-electron chi connectivity index (χ0n) is 20.8. The topological polar surface area (TPSA) is 24.7 Å². The van der Waals surface area contributed by atoms with Gasteiger partial charge < -0.3 is 0 Å². The Kier molecular flexibility index (Phi) is 5.49. The van der Waals surface area contributed by atoms with Crippen molar-refractivity contribution in [3.63, 3.8) is 0 Å². The molecule has 0 atom stereocenters. The highest BCUT2D eigenvalue weighted by molar-refractivity contribution is 6.15. The van der Waals surface area contributed by atoms with E-state index in [-0.39, 0.29) is 0 Å². The Morgan fingerprint density at radius 2 is 0.632 bits per heavy atom. The molecule has 0 unspecified atom stereocenters. The van der Waals surface area contributed by atoms with Gasteiger partial charge in [-0.05, 0) is 67.4 Å². The molecule has 0 heterocycles. The summed E-state index contributed by atoms with van der Waals surface area (Å²) in [6.45, 7) is 0. The van der Waals surface area contributed by atoms with Gasteiger partial charge in [-0.3, -0.25) is 9.98 Å². The SMILES string of the molecule is C(=Nc1ccccc1N=Cc1c2ccccc2cc2ccccc12)c1c2ccccc2cc2ccccc12. The summed E-state index contributed by atoms with van der Waals surface area (Å²) in [5.74, 6) is 0. The third-order valence-electron chi connectivity index (χ3n) is 7.17. The van der Waals surface area contributed by atoms with Crippen LogP contribution in [0.4, 0.5) is 11.4 Å². The fraction of sp³-hybridized carbons (Fsp3) is 0. The molecule has 38 heavy (non-hydrogen) atoms. The Hall–Kier alpha value is -5.08. The Balaban J connectivity index is 1.35. The standard InChI is InChI=1S/C36H24N2/c1-5-15-29-25(11-1)21-26-12-2-6-16-30(26)33(29)23-37-35-19-9-10-20-36(35)38-24-34-31-17-7-3-13-27(31)22-28-14-4-8-18-32(28)34/h1-24H. The molecule has 0 bridgehead atoms. The van der Waals surface area contributed by atoms with Crippen LogP contribution in [-0.2, 0) is 0 Å². The molecule has 0 spiro atoms. The van der Waals surface area contributed by atoms with E-state index in [1.54, 1.807) is 0 Å². The highest BCUT2D eigenvalue weighted by atomic mass is 14.8. The number of rotatable bonds is 4. The van der Waals surface area contributed by atoms with Crippen molar-refractivity contribution in [2.45, 2.75) is 0 Å². The fourth-order valence-corrected chi connectivity index (χ4v) is 5.33. The maximum Gasteiger partial charge on any atom is 0.0886 e. The normalized spacial score (nSPS) is 12.0. The van der Waals surface area contributed by atoms with Crippen LogP contribution in [0.15, 0.2) is 143 Å². The summed E-state index contributed by atoms with van der Waals surface area (Å²) < 4.78 is 0. The lowest BCUT2D eigenvalue weighted by Crippen LogP contribution is -1.89. The average molecular weight is 485 g/mol. The zero-order valence-corrected chi connectivity index (χ0v) is 20.8. The van der Waals surface area contributed by atoms with Gasteiger partial charge in [-0.25, -0.2) is 0 Å². The van der Waals surface area contributed by atoms with Crippen molar-refractivity contribution in [2.75, 3.05) is 0 Å². The minimum absolute atomic E-state index is 0.838. The lowest BCUT2D eigenvalue weighted by molar-refractivity contribution is 1.46. The third kappa shape index (κ3) is 3.93. The molecule has 0 saturated heterocycles. The van der Waals surface area contributed by atoms with Crippen molar-refractivity contribution in [2.24, 2.45) is 9.98 Å². The van der Waals surface area contributed by atoms with E-state index >= 15 is 0 Å². The Morgan fingerprint density at radius 1 is 0.342 bits per heavy atom. The monoisotopic (exact) mass is 484 g/mol. The number of nitrogens with zero attached hydrogens (tertiary/aromatic N) is 2. The summed E-state index contributed by atoms with van der Waals surface area (Å²) in [6, 6.07) is 46.5. The van der Waals surface area contributed by atoms with E-state index in [4.69, 9.17) is 9.98 Å². The summed E-state index contributed by atoms with van der Waals surface area (Å²) in [6.07, 6.45) is 3.98. The van der Waals surface area contributed by atoms with Gasteiger partial charge in [0.05, 0.1) is 11.4 Å². The van der Waals surface area contributed by atoms with E-state index in [9.17, 15) is 0 Å². The zero-order chi connectivity index (χ0) is 25.3. The average Bonchev–Trinajstić information content (AvgIpc) is 2.98. The molecule has 178 valence electrons. The first-order valence-corrected chi connectivity index (χ1v) is 12.8. The van der Waals surface area contributed by atoms with Crippen molar-refractivity contribution in [3.8, 4) is 0 Å². The van der Waals surface area contributed by atoms with Crippen molar-refractivity contribution in [1.29, 1.82) is 0 Å². The van der Waals surface area contributed by atoms with Gasteiger partial charge in [0, 0.05) is 23.6 Å². The van der Waals surface area contributed by atoms with Gasteiger partial charge in [-0.15, -0.1) is 0 Å². The third-order valence-corrected chi connectivity index (χ3v) is 7.17. The van der Waals surface area contributed by atoms with E-state index in [2.05, 4.69) is 109 Å². The lowest BCUT2D eigenvalue weighted by Gasteiger charge is -2.09. The van der Waals surface area contributed by atoms with Gasteiger partial charge >= 0.3 is 0 Å². The predicted molar refractivity (Wildman–Crippen MR) is 164 cm³/mol. The molecule has 0 aliphatic rings. The number of hydrogen-bond acceptors (Lipinski definition) is 2. The molecule has 0 saturated carbocycles. The molecular formula is C36H24N2. The van der Waals surface area contributed by atoms with E-state index in [1.165, 1.54) is 43.1 Å². The Labute approximate surface area is 221 Å². The number of para-hydroxylation sites is 2. The fourth-order valence-electron chi connectivity index (χ4n) is 5.33. The summed E-state index contributed by atoms with van der Waals surface area (Å²) in [4.78, 5) is 9.95. The molecule has 2 heteroatoms. The molecule has 7 rings (SSSR count). The smallest absolute Gasteiger partial charge is 0.0886 e. The van der Waals surface area contributed by atoms with Crippen LogP contribution in [0, 0.1) is 0 Å². The van der Waals surface area contributed by atoms with Crippen LogP contribution in [0.1, 0.15) is 11.1 Å². The maximum absolute atomic E-state index is 4.97. The highest BCUT2D eigenvalue weighted by Gasteiger charge is 2.08. The largest absolute Gasteiger partial charge is 0.254 e. The minimum atomic E-state index is 0.838. The summed E-state index contributed by atoms with van der Waals surface area (Å²) in [5.41, 5.74) is 3.92. The van der Waals surface area contributed by atoms with Gasteiger partial charge in [0.25, 0.3) is 0 Å². The molecule has 7 aromatic rings. The summed E-state index contributed by atoms with van der Waals surface area (Å²) in [7, 11) is 0. The van der Waals surface area contributed by atoms with Crippen molar-refractivity contribution in [1.82, 2.24) is 0 Å². The van der Waals surface area contributed by atoms with Crippen molar-refractivity contribution >= 4 is 66.9 Å². The van der Waals surface area contributed by atoms with Crippen LogP contribution in [0.2, 0.25) is 0 Å². The van der Waals surface area contributed by atoms with Crippen molar-refractivity contribution in [3.05, 3.63) is 145 Å². The van der Waals surface area contributed by atoms with Crippen molar-refractivity contribution < 1.29 is 0 Å². The molecule has 2 nitrogen and oxygen atoms in total. The second-order valence-corrected chi connectivity index (χ2v) is 9.47. The van der Waals surface area contributed by atoms with Gasteiger partial charge in [0.2, 0.25) is 0 Å². The number of aliphatic imine (C=N–C) groups is 2. The van der Waals surface area contributed by atoms with Gasteiger partial charge in [-0.1, -0.05) is 109 Å². The molecular weight excluding hydrogens is 460 g/mol. The summed E-state index contributed by atoms with van der Waals surface area (Å²) >= 11 is 0. The molecule has 0 N–H and O–H groups in total. The van der Waals surface area contributed by atoms with Crippen LogP contribution in [0.25, 0.3) is 43.1 Å². The summed E-state index contributed by atoms with van der Waals surface area (Å²) in [5, 5.41) is 9.61. The maximum atomic E-state index is 4.97. The minimum Gasteiger partial charge on any atom is -0.254 e. The molecule has 0 aliphatic heterocycles. The Morgan fingerprint density at radius 3 is 0.974 bits per heavy atom.